The molecule has 1 saturated carbocycles. The quantitative estimate of drug-likeness (QED) is 0.910. The van der Waals surface area contributed by atoms with Crippen LogP contribution in [0.3, 0.4) is 0 Å². The fraction of sp³-hybridized carbons (Fsp3) is 0.562. The maximum absolute atomic E-state index is 14.1. The first kappa shape index (κ1) is 14.3. The Morgan fingerprint density at radius 3 is 2.62 bits per heavy atom. The van der Waals surface area contributed by atoms with Crippen LogP contribution in [0.2, 0.25) is 0 Å². The molecular formula is C16H21F2N3. The highest BCUT2D eigenvalue weighted by Crippen LogP contribution is 2.38. The molecule has 21 heavy (non-hydrogen) atoms. The summed E-state index contributed by atoms with van der Waals surface area (Å²) < 4.78 is 29.3. The second-order valence-electron chi connectivity index (χ2n) is 6.03. The lowest BCUT2D eigenvalue weighted by Gasteiger charge is -2.30. The lowest BCUT2D eigenvalue weighted by Crippen LogP contribution is -2.20. The van der Waals surface area contributed by atoms with Gasteiger partial charge in [0.05, 0.1) is 5.52 Å². The van der Waals surface area contributed by atoms with Crippen molar-refractivity contribution in [2.45, 2.75) is 51.5 Å². The summed E-state index contributed by atoms with van der Waals surface area (Å²) in [6.45, 7) is 2.20. The number of nitrogens with zero attached hydrogens (tertiary/aromatic N) is 2. The van der Waals surface area contributed by atoms with Crippen molar-refractivity contribution in [3.63, 3.8) is 0 Å². The van der Waals surface area contributed by atoms with Gasteiger partial charge in [0.25, 0.3) is 0 Å². The Hall–Kier alpha value is -1.65. The van der Waals surface area contributed by atoms with E-state index in [2.05, 4.69) is 11.9 Å². The average molecular weight is 293 g/mol. The first-order valence-electron chi connectivity index (χ1n) is 7.73. The number of hydrogen-bond acceptors (Lipinski definition) is 2. The number of hydrogen-bond donors (Lipinski definition) is 1. The molecule has 5 heteroatoms. The van der Waals surface area contributed by atoms with Gasteiger partial charge in [-0.05, 0) is 43.7 Å². The van der Waals surface area contributed by atoms with Gasteiger partial charge in [-0.25, -0.2) is 13.8 Å². The third-order valence-corrected chi connectivity index (χ3v) is 4.65. The molecule has 0 amide bonds. The third-order valence-electron chi connectivity index (χ3n) is 4.65. The fourth-order valence-corrected chi connectivity index (χ4v) is 3.61. The first-order valence-corrected chi connectivity index (χ1v) is 7.73. The molecule has 0 bridgehead atoms. The Bertz CT molecular complexity index is 642. The maximum Gasteiger partial charge on any atom is 0.201 e. The highest BCUT2D eigenvalue weighted by molar-refractivity contribution is 5.79. The van der Waals surface area contributed by atoms with Crippen molar-refractivity contribution in [2.75, 3.05) is 5.73 Å². The summed E-state index contributed by atoms with van der Waals surface area (Å²) in [5.41, 5.74) is 6.61. The molecular weight excluding hydrogens is 272 g/mol. The molecule has 1 aliphatic carbocycles. The van der Waals surface area contributed by atoms with Crippen LogP contribution >= 0.6 is 0 Å². The molecule has 0 saturated heterocycles. The minimum absolute atomic E-state index is 0.124. The zero-order valence-electron chi connectivity index (χ0n) is 12.3. The molecule has 2 N–H and O–H groups in total. The van der Waals surface area contributed by atoms with Gasteiger partial charge in [0, 0.05) is 6.04 Å². The highest BCUT2D eigenvalue weighted by atomic mass is 19.2. The molecule has 1 aromatic carbocycles. The monoisotopic (exact) mass is 293 g/mol. The number of rotatable bonds is 3. The summed E-state index contributed by atoms with van der Waals surface area (Å²) in [5.74, 6) is -0.645. The van der Waals surface area contributed by atoms with E-state index in [4.69, 9.17) is 5.73 Å². The molecule has 1 fully saturated rings. The molecule has 3 nitrogen and oxygen atoms in total. The van der Waals surface area contributed by atoms with Crippen LogP contribution in [0.1, 0.15) is 51.5 Å². The molecule has 1 heterocycles. The summed E-state index contributed by atoms with van der Waals surface area (Å²) in [4.78, 5) is 4.18. The number of halogens is 2. The van der Waals surface area contributed by atoms with Gasteiger partial charge in [-0.1, -0.05) is 19.8 Å². The van der Waals surface area contributed by atoms with Crippen LogP contribution < -0.4 is 5.73 Å². The molecule has 0 atom stereocenters. The van der Waals surface area contributed by atoms with E-state index >= 15 is 0 Å². The van der Waals surface area contributed by atoms with Crippen molar-refractivity contribution < 1.29 is 8.78 Å². The number of nitrogens with two attached hydrogens (primary N) is 1. The van der Waals surface area contributed by atoms with Gasteiger partial charge in [0.1, 0.15) is 5.52 Å². The first-order chi connectivity index (χ1) is 10.1. The number of benzene rings is 1. The summed E-state index contributed by atoms with van der Waals surface area (Å²) in [6, 6.07) is 2.72. The molecule has 114 valence electrons. The lowest BCUT2D eigenvalue weighted by atomic mass is 9.83. The van der Waals surface area contributed by atoms with Crippen LogP contribution in [-0.4, -0.2) is 9.55 Å². The van der Waals surface area contributed by atoms with Crippen LogP contribution in [0.5, 0.6) is 0 Å². The summed E-state index contributed by atoms with van der Waals surface area (Å²) >= 11 is 0. The fourth-order valence-electron chi connectivity index (χ4n) is 3.61. The standard InChI is InChI=1S/C16H21F2N3/c1-2-3-10-4-6-11(7-5-10)21-15-13(20-16(21)19)9-8-12(17)14(15)18/h8-11H,2-7H2,1H3,(H2,19,20). The Labute approximate surface area is 123 Å². The second-order valence-corrected chi connectivity index (χ2v) is 6.03. The van der Waals surface area contributed by atoms with Crippen molar-refractivity contribution in [3.05, 3.63) is 23.8 Å². The topological polar surface area (TPSA) is 43.8 Å². The number of imidazole rings is 1. The number of fused-ring (bicyclic) bond motifs is 1. The van der Waals surface area contributed by atoms with Gasteiger partial charge in [-0.3, -0.25) is 0 Å². The Morgan fingerprint density at radius 2 is 1.95 bits per heavy atom. The van der Waals surface area contributed by atoms with E-state index in [1.165, 1.54) is 18.9 Å². The van der Waals surface area contributed by atoms with E-state index in [0.717, 1.165) is 37.7 Å². The predicted octanol–water partition coefficient (Wildman–Crippen LogP) is 4.43. The molecule has 2 aromatic rings. The Kier molecular flexibility index (Phi) is 3.83. The lowest BCUT2D eigenvalue weighted by molar-refractivity contribution is 0.267. The zero-order chi connectivity index (χ0) is 15.0. The van der Waals surface area contributed by atoms with Crippen LogP contribution in [0.25, 0.3) is 11.0 Å². The van der Waals surface area contributed by atoms with Crippen molar-refractivity contribution in [2.24, 2.45) is 5.92 Å². The van der Waals surface area contributed by atoms with E-state index in [1.807, 2.05) is 0 Å². The summed E-state index contributed by atoms with van der Waals surface area (Å²) in [5, 5.41) is 0. The van der Waals surface area contributed by atoms with Crippen molar-refractivity contribution in [3.8, 4) is 0 Å². The van der Waals surface area contributed by atoms with Crippen molar-refractivity contribution in [1.29, 1.82) is 0 Å². The smallest absolute Gasteiger partial charge is 0.201 e. The summed E-state index contributed by atoms with van der Waals surface area (Å²) in [7, 11) is 0. The molecule has 3 rings (SSSR count). The Morgan fingerprint density at radius 1 is 1.24 bits per heavy atom. The molecule has 1 aliphatic rings. The molecule has 1 aromatic heterocycles. The van der Waals surface area contributed by atoms with Crippen LogP contribution in [-0.2, 0) is 0 Å². The van der Waals surface area contributed by atoms with Gasteiger partial charge in [-0.15, -0.1) is 0 Å². The van der Waals surface area contributed by atoms with Crippen LogP contribution in [0, 0.1) is 17.6 Å². The van der Waals surface area contributed by atoms with Crippen LogP contribution in [0.15, 0.2) is 12.1 Å². The number of anilines is 1. The molecule has 0 aliphatic heterocycles. The van der Waals surface area contributed by atoms with E-state index in [-0.39, 0.29) is 17.5 Å². The van der Waals surface area contributed by atoms with E-state index in [1.54, 1.807) is 4.57 Å². The van der Waals surface area contributed by atoms with E-state index in [9.17, 15) is 8.78 Å². The van der Waals surface area contributed by atoms with Gasteiger partial charge >= 0.3 is 0 Å². The van der Waals surface area contributed by atoms with Gasteiger partial charge < -0.3 is 10.3 Å². The zero-order valence-corrected chi connectivity index (χ0v) is 12.3. The summed E-state index contributed by atoms with van der Waals surface area (Å²) in [6.07, 6.45) is 6.59. The largest absolute Gasteiger partial charge is 0.369 e. The highest BCUT2D eigenvalue weighted by Gasteiger charge is 2.26. The average Bonchev–Trinajstić information content (AvgIpc) is 2.81. The van der Waals surface area contributed by atoms with Gasteiger partial charge in [-0.2, -0.15) is 0 Å². The number of aromatic nitrogens is 2. The second kappa shape index (κ2) is 5.62. The SMILES string of the molecule is CCCC1CCC(n2c(N)nc3ccc(F)c(F)c32)CC1. The normalized spacial score (nSPS) is 22.8. The van der Waals surface area contributed by atoms with Gasteiger partial charge in [0.15, 0.2) is 11.6 Å². The third kappa shape index (κ3) is 2.49. The van der Waals surface area contributed by atoms with E-state index in [0.29, 0.717) is 5.52 Å². The Balaban J connectivity index is 1.94. The maximum atomic E-state index is 14.1. The molecule has 0 unspecified atom stereocenters. The van der Waals surface area contributed by atoms with Gasteiger partial charge in [0.2, 0.25) is 5.95 Å². The van der Waals surface area contributed by atoms with Crippen molar-refractivity contribution >= 4 is 17.0 Å². The predicted molar refractivity (Wildman–Crippen MR) is 80.0 cm³/mol. The van der Waals surface area contributed by atoms with Crippen LogP contribution in [0.4, 0.5) is 14.7 Å². The van der Waals surface area contributed by atoms with E-state index < -0.39 is 11.6 Å². The minimum atomic E-state index is -0.844. The molecule has 0 spiro atoms. The number of nitrogen functional groups attached to an aromatic ring is 1. The molecule has 0 radical (unpaired) electrons. The minimum Gasteiger partial charge on any atom is -0.369 e. The van der Waals surface area contributed by atoms with Crippen molar-refractivity contribution in [1.82, 2.24) is 9.55 Å².